The van der Waals surface area contributed by atoms with Crippen LogP contribution in [-0.4, -0.2) is 106 Å². The number of aromatic nitrogens is 3. The fourth-order valence-electron chi connectivity index (χ4n) is 15.8. The fraction of sp³-hybridized carbons (Fsp3) is 0.245. The van der Waals surface area contributed by atoms with Gasteiger partial charge in [-0.05, 0) is 223 Å². The summed E-state index contributed by atoms with van der Waals surface area (Å²) < 4.78 is 20.2. The Morgan fingerprint density at radius 2 is 0.580 bits per heavy atom. The summed E-state index contributed by atoms with van der Waals surface area (Å²) in [5, 5.41) is 50.6. The van der Waals surface area contributed by atoms with Gasteiger partial charge in [0.1, 0.15) is 52.8 Å². The molecule has 6 aliphatic rings. The third-order valence-corrected chi connectivity index (χ3v) is 24.1. The van der Waals surface area contributed by atoms with Crippen LogP contribution >= 0.6 is 34.0 Å². The zero-order valence-electron chi connectivity index (χ0n) is 67.8. The number of carbonyl (C=O) groups is 8. The van der Waals surface area contributed by atoms with Crippen molar-refractivity contribution in [3.05, 3.63) is 281 Å². The number of fused-ring (bicyclic) bond motifs is 6. The maximum absolute atomic E-state index is 13.5. The van der Waals surface area contributed by atoms with Crippen molar-refractivity contribution in [3.8, 4) is 17.2 Å². The Bertz CT molecular complexity index is 5710. The van der Waals surface area contributed by atoms with E-state index >= 15 is 0 Å². The molecule has 0 bridgehead atoms. The number of Topliss-reactive ketones (excluding diaryl/α,β-unsaturated/α-hetero) is 3. The molecular formula is C94H86N6O16S3. The van der Waals surface area contributed by atoms with Gasteiger partial charge in [0, 0.05) is 49.8 Å². The number of carboxylic acids is 2. The molecule has 5 N–H and O–H groups in total. The van der Waals surface area contributed by atoms with Gasteiger partial charge in [0.15, 0.2) is 15.4 Å². The molecule has 0 radical (unpaired) electrons. The van der Waals surface area contributed by atoms with E-state index in [2.05, 4.69) is 18.2 Å². The highest BCUT2D eigenvalue weighted by Gasteiger charge is 2.52. The summed E-state index contributed by atoms with van der Waals surface area (Å²) in [6.45, 7) is 26.1. The lowest BCUT2D eigenvalue weighted by Crippen LogP contribution is -2.29. The molecule has 12 aromatic rings. The normalized spacial score (nSPS) is 19.5. The summed E-state index contributed by atoms with van der Waals surface area (Å²) in [6.07, 6.45) is 2.31. The zero-order valence-corrected chi connectivity index (χ0v) is 70.3. The molecular weight excluding hydrogens is 1570 g/mol. The number of anilines is 3. The second-order valence-corrected chi connectivity index (χ2v) is 33.9. The highest BCUT2D eigenvalue weighted by Crippen LogP contribution is 2.50. The quantitative estimate of drug-likeness (QED) is 0.0509. The van der Waals surface area contributed by atoms with Crippen molar-refractivity contribution in [2.24, 2.45) is 0 Å². The molecule has 0 saturated carbocycles. The molecule has 6 atom stereocenters. The molecule has 0 aliphatic carbocycles. The topological polar surface area (TPSA) is 314 Å². The van der Waals surface area contributed by atoms with Crippen molar-refractivity contribution in [2.45, 2.75) is 153 Å². The SMILES string of the molecule is CC(=O)O.CC(=O)O.Cc1ccc(C2/C(=C(\O)c3ccc4c(c3)CC(C)O4)C(=O)C(=O)N2c2nc3c(C)cc(C)cc3s2)cc1.Cc1ccc(C2/C(=C(\O)c3ccc4c(c3)CC(C)O4)C(=O)C(=O)N2c2nc3c(C)cc(C)cc3s2)cc1.Cc1ccc(C2/C(=C(\O)c3ccc4c(c3)CC(C)O4)C(=O)C(=O)N2c2nc3c(C)cc(C)cc3s2)cc1. The number of thiazole rings is 3. The third-order valence-electron chi connectivity index (χ3n) is 21.1. The summed E-state index contributed by atoms with van der Waals surface area (Å²) in [4.78, 5) is 118. The van der Waals surface area contributed by atoms with E-state index in [1.54, 1.807) is 18.2 Å². The van der Waals surface area contributed by atoms with Crippen LogP contribution < -0.4 is 28.9 Å². The van der Waals surface area contributed by atoms with Gasteiger partial charge in [-0.3, -0.25) is 53.1 Å². The molecule has 3 aromatic heterocycles. The molecule has 6 aliphatic heterocycles. The molecule has 18 rings (SSSR count). The van der Waals surface area contributed by atoms with Gasteiger partial charge in [-0.2, -0.15) is 0 Å². The maximum atomic E-state index is 13.5. The predicted molar refractivity (Wildman–Crippen MR) is 462 cm³/mol. The lowest BCUT2D eigenvalue weighted by atomic mass is 9.94. The third kappa shape index (κ3) is 16.5. The van der Waals surface area contributed by atoms with Crippen molar-refractivity contribution in [3.63, 3.8) is 0 Å². The van der Waals surface area contributed by atoms with E-state index in [0.29, 0.717) is 32.1 Å². The summed E-state index contributed by atoms with van der Waals surface area (Å²) in [7, 11) is 0. The highest BCUT2D eigenvalue weighted by molar-refractivity contribution is 7.23. The van der Waals surface area contributed by atoms with E-state index in [0.717, 1.165) is 164 Å². The van der Waals surface area contributed by atoms with E-state index in [-0.39, 0.29) is 52.3 Å². The number of hydrogen-bond donors (Lipinski definition) is 5. The Morgan fingerprint density at radius 1 is 0.345 bits per heavy atom. The minimum atomic E-state index is -0.833. The lowest BCUT2D eigenvalue weighted by molar-refractivity contribution is -0.135. The minimum Gasteiger partial charge on any atom is -0.507 e. The van der Waals surface area contributed by atoms with Crippen LogP contribution in [0.25, 0.3) is 47.9 Å². The van der Waals surface area contributed by atoms with Gasteiger partial charge in [-0.25, -0.2) is 15.0 Å². The summed E-state index contributed by atoms with van der Waals surface area (Å²) >= 11 is 4.13. The van der Waals surface area contributed by atoms with Gasteiger partial charge in [0.2, 0.25) is 0 Å². The number of rotatable bonds is 9. The first-order chi connectivity index (χ1) is 56.6. The number of amides is 3. The van der Waals surface area contributed by atoms with Crippen LogP contribution in [0.2, 0.25) is 0 Å². The number of nitrogens with zero attached hydrogens (tertiary/aromatic N) is 6. The van der Waals surface area contributed by atoms with E-state index in [4.69, 9.17) is 49.0 Å². The maximum Gasteiger partial charge on any atom is 0.301 e. The molecule has 3 saturated heterocycles. The number of hydrogen-bond acceptors (Lipinski definition) is 20. The fourth-order valence-corrected chi connectivity index (χ4v) is 19.3. The Morgan fingerprint density at radius 3 is 0.815 bits per heavy atom. The van der Waals surface area contributed by atoms with E-state index in [1.807, 2.05) is 210 Å². The highest BCUT2D eigenvalue weighted by atomic mass is 32.1. The Kier molecular flexibility index (Phi) is 23.0. The molecule has 9 heterocycles. The number of benzene rings is 9. The predicted octanol–water partition coefficient (Wildman–Crippen LogP) is 18.7. The number of aliphatic hydroxyl groups excluding tert-OH is 3. The molecule has 22 nitrogen and oxygen atoms in total. The van der Waals surface area contributed by atoms with Crippen molar-refractivity contribution in [2.75, 3.05) is 14.7 Å². The van der Waals surface area contributed by atoms with Gasteiger partial charge in [0.05, 0.1) is 65.5 Å². The van der Waals surface area contributed by atoms with E-state index in [9.17, 15) is 44.1 Å². The number of aliphatic carboxylic acids is 2. The molecule has 6 unspecified atom stereocenters. The largest absolute Gasteiger partial charge is 0.507 e. The molecule has 9 aromatic carbocycles. The van der Waals surface area contributed by atoms with Crippen LogP contribution in [0.5, 0.6) is 17.2 Å². The first kappa shape index (κ1) is 82.6. The molecule has 3 fully saturated rings. The average molecular weight is 1650 g/mol. The van der Waals surface area contributed by atoms with Gasteiger partial charge in [-0.1, -0.05) is 142 Å². The molecule has 3 amide bonds. The summed E-state index contributed by atoms with van der Waals surface area (Å²) in [6, 6.07) is 49.0. The Labute approximate surface area is 698 Å². The number of carboxylic acid groups (broad SMARTS) is 2. The van der Waals surface area contributed by atoms with Crippen LogP contribution in [0.1, 0.15) is 153 Å². The first-order valence-electron chi connectivity index (χ1n) is 38.6. The van der Waals surface area contributed by atoms with E-state index < -0.39 is 65.1 Å². The Hall–Kier alpha value is -13.0. The summed E-state index contributed by atoms with van der Waals surface area (Å²) in [5.74, 6) is -4.16. The van der Waals surface area contributed by atoms with E-state index in [1.165, 1.54) is 48.7 Å². The summed E-state index contributed by atoms with van der Waals surface area (Å²) in [5.41, 5.74) is 18.7. The molecule has 606 valence electrons. The smallest absolute Gasteiger partial charge is 0.301 e. The number of ether oxygens (including phenoxy) is 3. The number of ketones is 3. The van der Waals surface area contributed by atoms with Crippen LogP contribution in [0.15, 0.2) is 181 Å². The van der Waals surface area contributed by atoms with Crippen LogP contribution in [0, 0.1) is 62.3 Å². The first-order valence-corrected chi connectivity index (χ1v) is 41.1. The van der Waals surface area contributed by atoms with Crippen LogP contribution in [0.3, 0.4) is 0 Å². The van der Waals surface area contributed by atoms with Crippen LogP contribution in [-0.2, 0) is 57.6 Å². The van der Waals surface area contributed by atoms with Gasteiger partial charge in [-0.15, -0.1) is 0 Å². The zero-order chi connectivity index (χ0) is 85.2. The monoisotopic (exact) mass is 1650 g/mol. The number of carbonyl (C=O) groups excluding carboxylic acids is 6. The number of aliphatic hydroxyl groups is 3. The molecule has 0 spiro atoms. The van der Waals surface area contributed by atoms with Crippen molar-refractivity contribution in [1.82, 2.24) is 15.0 Å². The second kappa shape index (κ2) is 33.2. The van der Waals surface area contributed by atoms with Crippen molar-refractivity contribution in [1.29, 1.82) is 0 Å². The van der Waals surface area contributed by atoms with Gasteiger partial charge >= 0.3 is 17.7 Å². The molecule has 119 heavy (non-hydrogen) atoms. The lowest BCUT2D eigenvalue weighted by Gasteiger charge is -2.23. The van der Waals surface area contributed by atoms with Gasteiger partial charge in [0.25, 0.3) is 29.3 Å². The standard InChI is InChI=1S/3C30H26N2O4S.2C2H4O2/c3*1-15-5-7-19(8-6-15)26-24(27(33)20-9-10-22-21(14-20)13-18(4)36-22)28(34)29(35)32(26)30-31-25-17(3)11-16(2)12-23(25)37-30;2*1-2(3)4/h3*5-12,14,18,26,33H,13H2,1-4H3;2*1H3,(H,3,4)/b3*27-24+;;. The second-order valence-electron chi connectivity index (χ2n) is 30.9. The minimum absolute atomic E-state index is 0.0525. The Balaban J connectivity index is 0.000000140. The molecule has 25 heteroatoms. The van der Waals surface area contributed by atoms with Gasteiger partial charge < -0.3 is 39.7 Å². The number of aryl methyl sites for hydroxylation is 9. The average Bonchev–Trinajstić information content (AvgIpc) is 1.59. The van der Waals surface area contributed by atoms with Crippen molar-refractivity contribution < 1.29 is 78.1 Å². The van der Waals surface area contributed by atoms with Crippen LogP contribution in [0.4, 0.5) is 15.4 Å². The van der Waals surface area contributed by atoms with Crippen molar-refractivity contribution >= 4 is 144 Å².